The van der Waals surface area contributed by atoms with Crippen LogP contribution in [0.5, 0.6) is 0 Å². The summed E-state index contributed by atoms with van der Waals surface area (Å²) in [4.78, 5) is 0. The maximum Gasteiger partial charge on any atom is 0.128 e. The van der Waals surface area contributed by atoms with Crippen LogP contribution in [0.4, 0.5) is 4.39 Å². The van der Waals surface area contributed by atoms with E-state index in [9.17, 15) is 4.39 Å². The molecular weight excluding hydrogens is 269 g/mol. The van der Waals surface area contributed by atoms with Crippen molar-refractivity contribution >= 4 is 21.4 Å². The van der Waals surface area contributed by atoms with Crippen molar-refractivity contribution in [1.29, 1.82) is 0 Å². The van der Waals surface area contributed by atoms with Crippen molar-refractivity contribution in [3.05, 3.63) is 70.4 Å². The molecule has 102 valence electrons. The van der Waals surface area contributed by atoms with Gasteiger partial charge in [0.2, 0.25) is 0 Å². The lowest BCUT2D eigenvalue weighted by Crippen LogP contribution is -2.15. The molecule has 3 heteroatoms. The molecule has 0 radical (unpaired) electrons. The summed E-state index contributed by atoms with van der Waals surface area (Å²) >= 11 is 1.71. The second-order valence-corrected chi connectivity index (χ2v) is 6.00. The predicted octanol–water partition coefficient (Wildman–Crippen LogP) is 4.59. The third-order valence-electron chi connectivity index (χ3n) is 3.55. The highest BCUT2D eigenvalue weighted by Gasteiger charge is 2.14. The highest BCUT2D eigenvalue weighted by atomic mass is 32.1. The Labute approximate surface area is 121 Å². The van der Waals surface area contributed by atoms with Crippen LogP contribution in [0.3, 0.4) is 0 Å². The molecule has 20 heavy (non-hydrogen) atoms. The van der Waals surface area contributed by atoms with Crippen LogP contribution in [0.25, 0.3) is 10.1 Å². The fraction of sp³-hybridized carbons (Fsp3) is 0.176. The zero-order valence-corrected chi connectivity index (χ0v) is 12.1. The molecule has 1 aromatic heterocycles. The minimum atomic E-state index is -0.312. The third-order valence-corrected chi connectivity index (χ3v) is 4.56. The van der Waals surface area contributed by atoms with Crippen LogP contribution in [0.2, 0.25) is 0 Å². The van der Waals surface area contributed by atoms with E-state index in [-0.39, 0.29) is 11.9 Å². The van der Waals surface area contributed by atoms with Gasteiger partial charge in [0.25, 0.3) is 0 Å². The molecule has 0 amide bonds. The van der Waals surface area contributed by atoms with Gasteiger partial charge in [-0.2, -0.15) is 0 Å². The fourth-order valence-corrected chi connectivity index (χ4v) is 3.46. The van der Waals surface area contributed by atoms with Crippen LogP contribution in [-0.4, -0.2) is 0 Å². The number of benzene rings is 2. The molecule has 1 atom stereocenters. The third kappa shape index (κ3) is 2.47. The first-order valence-corrected chi connectivity index (χ1v) is 7.50. The molecule has 0 saturated heterocycles. The molecule has 0 aliphatic heterocycles. The van der Waals surface area contributed by atoms with Crippen LogP contribution < -0.4 is 5.73 Å². The van der Waals surface area contributed by atoms with Gasteiger partial charge in [0, 0.05) is 16.3 Å². The number of hydrogen-bond donors (Lipinski definition) is 1. The summed E-state index contributed by atoms with van der Waals surface area (Å²) in [6, 6.07) is 13.0. The first-order valence-electron chi connectivity index (χ1n) is 6.62. The smallest absolute Gasteiger partial charge is 0.128 e. The van der Waals surface area contributed by atoms with Gasteiger partial charge in [-0.25, -0.2) is 4.39 Å². The Kier molecular flexibility index (Phi) is 3.55. The van der Waals surface area contributed by atoms with Crippen LogP contribution in [0, 0.1) is 12.7 Å². The number of nitrogens with two attached hydrogens (primary N) is 1. The van der Waals surface area contributed by atoms with Crippen molar-refractivity contribution in [3.63, 3.8) is 0 Å². The van der Waals surface area contributed by atoms with Crippen molar-refractivity contribution < 1.29 is 4.39 Å². The number of halogens is 1. The van der Waals surface area contributed by atoms with E-state index in [0.29, 0.717) is 12.0 Å². The van der Waals surface area contributed by atoms with E-state index in [2.05, 4.69) is 17.5 Å². The second kappa shape index (κ2) is 5.35. The molecule has 0 saturated carbocycles. The van der Waals surface area contributed by atoms with E-state index in [1.807, 2.05) is 25.1 Å². The van der Waals surface area contributed by atoms with Crippen molar-refractivity contribution in [2.24, 2.45) is 5.73 Å². The van der Waals surface area contributed by atoms with Crippen molar-refractivity contribution in [1.82, 2.24) is 0 Å². The first kappa shape index (κ1) is 13.3. The normalized spacial score (nSPS) is 12.8. The summed E-state index contributed by atoms with van der Waals surface area (Å²) in [6.45, 7) is 1.95. The molecule has 3 rings (SSSR count). The van der Waals surface area contributed by atoms with Crippen LogP contribution in [-0.2, 0) is 6.42 Å². The number of thiophene rings is 1. The Balaban J connectivity index is 1.92. The molecule has 1 heterocycles. The SMILES string of the molecule is Cc1ccc(F)c(C(N)Cc2csc3ccccc23)c1. The monoisotopic (exact) mass is 285 g/mol. The largest absolute Gasteiger partial charge is 0.324 e. The van der Waals surface area contributed by atoms with Gasteiger partial charge in [-0.05, 0) is 41.8 Å². The van der Waals surface area contributed by atoms with Gasteiger partial charge in [-0.3, -0.25) is 0 Å². The molecule has 0 aliphatic rings. The molecular formula is C17H16FNS. The molecule has 1 nitrogen and oxygen atoms in total. The van der Waals surface area contributed by atoms with E-state index in [1.165, 1.54) is 21.7 Å². The average molecular weight is 285 g/mol. The average Bonchev–Trinajstić information content (AvgIpc) is 2.85. The van der Waals surface area contributed by atoms with Gasteiger partial charge >= 0.3 is 0 Å². The second-order valence-electron chi connectivity index (χ2n) is 5.09. The molecule has 3 aromatic rings. The summed E-state index contributed by atoms with van der Waals surface area (Å²) in [6.07, 6.45) is 0.657. The minimum Gasteiger partial charge on any atom is -0.324 e. The maximum absolute atomic E-state index is 13.9. The Hall–Kier alpha value is -1.71. The lowest BCUT2D eigenvalue weighted by molar-refractivity contribution is 0.580. The van der Waals surface area contributed by atoms with E-state index in [0.717, 1.165) is 5.56 Å². The van der Waals surface area contributed by atoms with Gasteiger partial charge in [0.05, 0.1) is 0 Å². The standard InChI is InChI=1S/C17H16FNS/c1-11-6-7-15(18)14(8-11)16(19)9-12-10-20-17-5-3-2-4-13(12)17/h2-8,10,16H,9,19H2,1H3. The zero-order chi connectivity index (χ0) is 14.1. The minimum absolute atomic E-state index is 0.220. The van der Waals surface area contributed by atoms with E-state index in [4.69, 9.17) is 5.73 Å². The summed E-state index contributed by atoms with van der Waals surface area (Å²) in [7, 11) is 0. The lowest BCUT2D eigenvalue weighted by Gasteiger charge is -2.13. The van der Waals surface area contributed by atoms with Gasteiger partial charge in [0.1, 0.15) is 5.82 Å². The van der Waals surface area contributed by atoms with Crippen molar-refractivity contribution in [2.45, 2.75) is 19.4 Å². The highest BCUT2D eigenvalue weighted by molar-refractivity contribution is 7.17. The molecule has 0 bridgehead atoms. The highest BCUT2D eigenvalue weighted by Crippen LogP contribution is 2.29. The van der Waals surface area contributed by atoms with E-state index < -0.39 is 0 Å². The molecule has 2 aromatic carbocycles. The number of fused-ring (bicyclic) bond motifs is 1. The lowest BCUT2D eigenvalue weighted by atomic mass is 9.97. The summed E-state index contributed by atoms with van der Waals surface area (Å²) < 4.78 is 15.1. The van der Waals surface area contributed by atoms with Crippen LogP contribution in [0.15, 0.2) is 47.8 Å². The summed E-state index contributed by atoms with van der Waals surface area (Å²) in [5, 5.41) is 3.35. The topological polar surface area (TPSA) is 26.0 Å². The molecule has 0 spiro atoms. The Morgan fingerprint density at radius 1 is 1.20 bits per heavy atom. The quantitative estimate of drug-likeness (QED) is 0.748. The molecule has 1 unspecified atom stereocenters. The number of aryl methyl sites for hydroxylation is 1. The first-order chi connectivity index (χ1) is 9.65. The Morgan fingerprint density at radius 2 is 2.00 bits per heavy atom. The summed E-state index contributed by atoms with van der Waals surface area (Å²) in [5.41, 5.74) is 9.04. The number of rotatable bonds is 3. The van der Waals surface area contributed by atoms with E-state index >= 15 is 0 Å². The van der Waals surface area contributed by atoms with Gasteiger partial charge in [-0.1, -0.05) is 35.9 Å². The maximum atomic E-state index is 13.9. The van der Waals surface area contributed by atoms with E-state index in [1.54, 1.807) is 17.4 Å². The number of hydrogen-bond acceptors (Lipinski definition) is 2. The van der Waals surface area contributed by atoms with Gasteiger partial charge in [0.15, 0.2) is 0 Å². The molecule has 0 aliphatic carbocycles. The van der Waals surface area contributed by atoms with Crippen molar-refractivity contribution in [3.8, 4) is 0 Å². The van der Waals surface area contributed by atoms with Crippen LogP contribution >= 0.6 is 11.3 Å². The van der Waals surface area contributed by atoms with Crippen molar-refractivity contribution in [2.75, 3.05) is 0 Å². The fourth-order valence-electron chi connectivity index (χ4n) is 2.49. The molecule has 2 N–H and O–H groups in total. The Bertz CT molecular complexity index is 748. The molecule has 0 fully saturated rings. The van der Waals surface area contributed by atoms with Gasteiger partial charge in [-0.15, -0.1) is 11.3 Å². The predicted molar refractivity (Wildman–Crippen MR) is 83.6 cm³/mol. The zero-order valence-electron chi connectivity index (χ0n) is 11.3. The van der Waals surface area contributed by atoms with Crippen LogP contribution in [0.1, 0.15) is 22.7 Å². The van der Waals surface area contributed by atoms with Gasteiger partial charge < -0.3 is 5.73 Å². The summed E-state index contributed by atoms with van der Waals surface area (Å²) in [5.74, 6) is -0.220. The Morgan fingerprint density at radius 3 is 2.85 bits per heavy atom.